The van der Waals surface area contributed by atoms with Gasteiger partial charge in [0.2, 0.25) is 5.69 Å². The van der Waals surface area contributed by atoms with Crippen molar-refractivity contribution in [2.45, 2.75) is 34.6 Å². The maximum Gasteiger partial charge on any atom is 0.220 e. The summed E-state index contributed by atoms with van der Waals surface area (Å²) in [5.74, 6) is 0. The molecule has 0 saturated carbocycles. The third-order valence-electron chi connectivity index (χ3n) is 7.52. The van der Waals surface area contributed by atoms with Crippen molar-refractivity contribution >= 4 is 32.6 Å². The van der Waals surface area contributed by atoms with Crippen LogP contribution in [0.15, 0.2) is 79.0 Å². The standard InChI is InChI=1S/C33H31N2/c1-20-7-11-31-29(16-20)30-17-21(2)8-12-32(30)35(31)26-9-10-27-25(19-26)13-14-34(6)33(27)28-18-22(3)15-23(4)24(28)5/h7-19H,1-6H3/q+1. The van der Waals surface area contributed by atoms with E-state index < -0.39 is 0 Å². The number of aryl methyl sites for hydroxylation is 5. The van der Waals surface area contributed by atoms with Crippen LogP contribution in [0, 0.1) is 34.6 Å². The normalized spacial score (nSPS) is 11.7. The highest BCUT2D eigenvalue weighted by Crippen LogP contribution is 2.36. The lowest BCUT2D eigenvalue weighted by Crippen LogP contribution is -2.30. The molecule has 4 aromatic carbocycles. The van der Waals surface area contributed by atoms with E-state index in [1.807, 2.05) is 0 Å². The van der Waals surface area contributed by atoms with Crippen molar-refractivity contribution in [2.75, 3.05) is 0 Å². The van der Waals surface area contributed by atoms with Crippen molar-refractivity contribution in [3.05, 3.63) is 107 Å². The zero-order valence-corrected chi connectivity index (χ0v) is 21.4. The summed E-state index contributed by atoms with van der Waals surface area (Å²) in [6, 6.07) is 27.3. The zero-order valence-electron chi connectivity index (χ0n) is 21.4. The van der Waals surface area contributed by atoms with Gasteiger partial charge in [0.25, 0.3) is 0 Å². The first kappa shape index (κ1) is 21.6. The molecule has 6 rings (SSSR count). The minimum atomic E-state index is 1.20. The highest BCUT2D eigenvalue weighted by Gasteiger charge is 2.20. The predicted molar refractivity (Wildman–Crippen MR) is 149 cm³/mol. The van der Waals surface area contributed by atoms with Gasteiger partial charge in [-0.3, -0.25) is 0 Å². The van der Waals surface area contributed by atoms with Gasteiger partial charge in [0, 0.05) is 22.5 Å². The van der Waals surface area contributed by atoms with Crippen LogP contribution in [-0.4, -0.2) is 4.57 Å². The van der Waals surface area contributed by atoms with Gasteiger partial charge in [-0.2, -0.15) is 0 Å². The second-order valence-corrected chi connectivity index (χ2v) is 10.2. The van der Waals surface area contributed by atoms with E-state index in [0.29, 0.717) is 0 Å². The van der Waals surface area contributed by atoms with E-state index in [1.165, 1.54) is 77.3 Å². The Balaban J connectivity index is 1.64. The molecule has 0 bridgehead atoms. The summed E-state index contributed by atoms with van der Waals surface area (Å²) >= 11 is 0. The monoisotopic (exact) mass is 455 g/mol. The van der Waals surface area contributed by atoms with E-state index in [1.54, 1.807) is 0 Å². The Morgan fingerprint density at radius 3 is 1.91 bits per heavy atom. The van der Waals surface area contributed by atoms with E-state index in [-0.39, 0.29) is 0 Å². The molecule has 172 valence electrons. The Labute approximate surface area is 207 Å². The van der Waals surface area contributed by atoms with Crippen LogP contribution in [0.4, 0.5) is 0 Å². The van der Waals surface area contributed by atoms with Crippen LogP contribution in [-0.2, 0) is 7.05 Å². The van der Waals surface area contributed by atoms with E-state index in [0.717, 1.165) is 0 Å². The summed E-state index contributed by atoms with van der Waals surface area (Å²) in [4.78, 5) is 0. The Hall–Kier alpha value is -3.91. The lowest BCUT2D eigenvalue weighted by Gasteiger charge is -2.13. The molecule has 0 amide bonds. The van der Waals surface area contributed by atoms with Gasteiger partial charge < -0.3 is 4.57 Å². The maximum atomic E-state index is 2.41. The molecular formula is C33H31N2+. The highest BCUT2D eigenvalue weighted by molar-refractivity contribution is 6.10. The first-order valence-electron chi connectivity index (χ1n) is 12.3. The van der Waals surface area contributed by atoms with Crippen LogP contribution in [0.5, 0.6) is 0 Å². The smallest absolute Gasteiger partial charge is 0.220 e. The van der Waals surface area contributed by atoms with Crippen molar-refractivity contribution in [1.29, 1.82) is 0 Å². The summed E-state index contributed by atoms with van der Waals surface area (Å²) in [6.45, 7) is 11.0. The molecule has 0 radical (unpaired) electrons. The molecule has 2 aromatic heterocycles. The molecule has 2 heterocycles. The molecule has 2 nitrogen and oxygen atoms in total. The second kappa shape index (κ2) is 7.81. The summed E-state index contributed by atoms with van der Waals surface area (Å²) in [5, 5.41) is 5.16. The summed E-state index contributed by atoms with van der Waals surface area (Å²) in [7, 11) is 2.15. The van der Waals surface area contributed by atoms with Crippen molar-refractivity contribution in [3.63, 3.8) is 0 Å². The quantitative estimate of drug-likeness (QED) is 0.234. The summed E-state index contributed by atoms with van der Waals surface area (Å²) in [6.07, 6.45) is 2.19. The first-order chi connectivity index (χ1) is 16.8. The van der Waals surface area contributed by atoms with Crippen molar-refractivity contribution in [1.82, 2.24) is 4.57 Å². The number of hydrogen-bond donors (Lipinski definition) is 0. The first-order valence-corrected chi connectivity index (χ1v) is 12.3. The molecule has 2 heteroatoms. The lowest BCUT2D eigenvalue weighted by molar-refractivity contribution is -0.659. The number of hydrogen-bond acceptors (Lipinski definition) is 0. The fraction of sp³-hybridized carbons (Fsp3) is 0.182. The maximum absolute atomic E-state index is 2.41. The minimum absolute atomic E-state index is 1.20. The fourth-order valence-electron chi connectivity index (χ4n) is 5.65. The summed E-state index contributed by atoms with van der Waals surface area (Å²) < 4.78 is 4.67. The average Bonchev–Trinajstić information content (AvgIpc) is 3.14. The average molecular weight is 456 g/mol. The van der Waals surface area contributed by atoms with Gasteiger partial charge in [0.1, 0.15) is 7.05 Å². The van der Waals surface area contributed by atoms with Gasteiger partial charge in [0.15, 0.2) is 6.20 Å². The molecule has 0 aliphatic rings. The Morgan fingerprint density at radius 1 is 0.600 bits per heavy atom. The van der Waals surface area contributed by atoms with Crippen LogP contribution in [0.2, 0.25) is 0 Å². The number of nitrogens with zero attached hydrogens (tertiary/aromatic N) is 2. The van der Waals surface area contributed by atoms with E-state index in [9.17, 15) is 0 Å². The van der Waals surface area contributed by atoms with Gasteiger partial charge in [-0.15, -0.1) is 0 Å². The molecule has 35 heavy (non-hydrogen) atoms. The van der Waals surface area contributed by atoms with Crippen LogP contribution in [0.3, 0.4) is 0 Å². The molecule has 0 fully saturated rings. The molecule has 0 saturated heterocycles. The van der Waals surface area contributed by atoms with Crippen LogP contribution in [0.25, 0.3) is 49.5 Å². The third kappa shape index (κ3) is 3.36. The van der Waals surface area contributed by atoms with Gasteiger partial charge >= 0.3 is 0 Å². The molecule has 0 aliphatic carbocycles. The van der Waals surface area contributed by atoms with Crippen LogP contribution in [0.1, 0.15) is 27.8 Å². The van der Waals surface area contributed by atoms with Crippen LogP contribution >= 0.6 is 0 Å². The lowest BCUT2D eigenvalue weighted by atomic mass is 9.94. The van der Waals surface area contributed by atoms with Gasteiger partial charge in [-0.1, -0.05) is 34.9 Å². The fourth-order valence-corrected chi connectivity index (χ4v) is 5.65. The number of aromatic nitrogens is 2. The Bertz CT molecular complexity index is 1740. The molecule has 0 N–H and O–H groups in total. The third-order valence-corrected chi connectivity index (χ3v) is 7.52. The van der Waals surface area contributed by atoms with E-state index in [2.05, 4.69) is 130 Å². The number of fused-ring (bicyclic) bond motifs is 4. The molecule has 6 aromatic rings. The van der Waals surface area contributed by atoms with Crippen molar-refractivity contribution < 1.29 is 4.57 Å². The molecule has 0 spiro atoms. The van der Waals surface area contributed by atoms with Crippen molar-refractivity contribution in [2.24, 2.45) is 7.05 Å². The number of rotatable bonds is 2. The van der Waals surface area contributed by atoms with Gasteiger partial charge in [0.05, 0.1) is 22.0 Å². The highest BCUT2D eigenvalue weighted by atomic mass is 15.0. The van der Waals surface area contributed by atoms with Gasteiger partial charge in [-0.05, 0) is 99.7 Å². The van der Waals surface area contributed by atoms with Crippen molar-refractivity contribution in [3.8, 4) is 16.9 Å². The SMILES string of the molecule is Cc1cc(C)c(C)c(-c2c3ccc(-n4c5ccc(C)cc5c5cc(C)ccc54)cc3cc[n+]2C)c1. The number of pyridine rings is 1. The largest absolute Gasteiger partial charge is 0.309 e. The van der Waals surface area contributed by atoms with E-state index >= 15 is 0 Å². The molecule has 0 aliphatic heterocycles. The molecule has 0 atom stereocenters. The topological polar surface area (TPSA) is 8.81 Å². The van der Waals surface area contributed by atoms with Crippen LogP contribution < -0.4 is 4.57 Å². The predicted octanol–water partition coefficient (Wildman–Crippen LogP) is 7.97. The van der Waals surface area contributed by atoms with Gasteiger partial charge in [-0.25, -0.2) is 4.57 Å². The Kier molecular flexibility index (Phi) is 4.82. The zero-order chi connectivity index (χ0) is 24.4. The molecular weight excluding hydrogens is 424 g/mol. The molecule has 0 unspecified atom stereocenters. The summed E-state index contributed by atoms with van der Waals surface area (Å²) in [5.41, 5.74) is 12.8. The van der Waals surface area contributed by atoms with E-state index in [4.69, 9.17) is 0 Å². The second-order valence-electron chi connectivity index (χ2n) is 10.2. The minimum Gasteiger partial charge on any atom is -0.309 e. The number of benzene rings is 4. The Morgan fingerprint density at radius 2 is 1.26 bits per heavy atom.